The van der Waals surface area contributed by atoms with Gasteiger partial charge in [-0.25, -0.2) is 4.99 Å². The van der Waals surface area contributed by atoms with Gasteiger partial charge in [0.15, 0.2) is 0 Å². The van der Waals surface area contributed by atoms with Crippen LogP contribution in [-0.4, -0.2) is 5.16 Å². The van der Waals surface area contributed by atoms with Crippen molar-refractivity contribution in [2.75, 3.05) is 0 Å². The van der Waals surface area contributed by atoms with Crippen molar-refractivity contribution >= 4 is 17.4 Å². The number of rotatable bonds is 2. The van der Waals surface area contributed by atoms with E-state index in [1.165, 1.54) is 33.4 Å². The molecule has 0 radical (unpaired) electrons. The van der Waals surface area contributed by atoms with Crippen LogP contribution in [0, 0.1) is 34.6 Å². The van der Waals surface area contributed by atoms with Gasteiger partial charge in [-0.05, 0) is 80.2 Å². The molecule has 1 nitrogen and oxygen atoms in total. The Morgan fingerprint density at radius 2 is 1.27 bits per heavy atom. The van der Waals surface area contributed by atoms with Crippen LogP contribution < -0.4 is 0 Å². The lowest BCUT2D eigenvalue weighted by Crippen LogP contribution is -2.01. The first-order valence-corrected chi connectivity index (χ1v) is 5.51. The van der Waals surface area contributed by atoms with Crippen molar-refractivity contribution in [1.29, 1.82) is 0 Å². The van der Waals surface area contributed by atoms with Crippen LogP contribution in [0.4, 0.5) is 0 Å². The van der Waals surface area contributed by atoms with Gasteiger partial charge in [0.05, 0.1) is 11.7 Å². The van der Waals surface area contributed by atoms with Crippen molar-refractivity contribution < 1.29 is 0 Å². The third-order valence-electron chi connectivity index (χ3n) is 3.46. The second-order valence-corrected chi connectivity index (χ2v) is 4.19. The summed E-state index contributed by atoms with van der Waals surface area (Å²) in [7, 11) is 0. The average Bonchev–Trinajstić information content (AvgIpc) is 2.24. The number of benzene rings is 1. The fraction of sp³-hybridized carbons (Fsp3) is 0.462. The first-order valence-electron chi connectivity index (χ1n) is 5.10. The van der Waals surface area contributed by atoms with Gasteiger partial charge in [0.1, 0.15) is 0 Å². The number of hydrogen-bond donors (Lipinski definition) is 0. The fourth-order valence-electron chi connectivity index (χ4n) is 1.93. The van der Waals surface area contributed by atoms with Crippen LogP contribution in [0.1, 0.15) is 33.4 Å². The monoisotopic (exact) mass is 219 g/mol. The first kappa shape index (κ1) is 12.1. The molecule has 0 aliphatic rings. The zero-order chi connectivity index (χ0) is 11.6. The topological polar surface area (TPSA) is 12.4 Å². The lowest BCUT2D eigenvalue weighted by atomic mass is 9.90. The molecule has 1 rings (SSSR count). The number of hydrogen-bond acceptors (Lipinski definition) is 2. The van der Waals surface area contributed by atoms with Gasteiger partial charge in [-0.15, -0.1) is 0 Å². The molecular formula is C13H17NS. The SMILES string of the molecule is Cc1c(C)c(C)c(CN=C=S)c(C)c1C. The minimum Gasteiger partial charge on any atom is -0.228 e. The van der Waals surface area contributed by atoms with E-state index in [9.17, 15) is 0 Å². The Hall–Kier alpha value is -0.980. The second-order valence-electron chi connectivity index (χ2n) is 4.01. The number of thiocarbonyl (C=S) groups is 1. The lowest BCUT2D eigenvalue weighted by Gasteiger charge is -2.17. The van der Waals surface area contributed by atoms with Crippen LogP contribution >= 0.6 is 12.2 Å². The molecule has 15 heavy (non-hydrogen) atoms. The smallest absolute Gasteiger partial charge is 0.0748 e. The fourth-order valence-corrected chi connectivity index (χ4v) is 1.99. The summed E-state index contributed by atoms with van der Waals surface area (Å²) in [5, 5.41) is 2.43. The molecule has 0 saturated heterocycles. The average molecular weight is 219 g/mol. The number of isothiocyanates is 1. The largest absolute Gasteiger partial charge is 0.228 e. The van der Waals surface area contributed by atoms with Crippen molar-refractivity contribution in [3.63, 3.8) is 0 Å². The van der Waals surface area contributed by atoms with Crippen LogP contribution in [-0.2, 0) is 6.54 Å². The van der Waals surface area contributed by atoms with Crippen LogP contribution in [0.5, 0.6) is 0 Å². The Morgan fingerprint density at radius 1 is 0.867 bits per heavy atom. The van der Waals surface area contributed by atoms with E-state index in [-0.39, 0.29) is 0 Å². The summed E-state index contributed by atoms with van der Waals surface area (Å²) in [5.41, 5.74) is 8.10. The summed E-state index contributed by atoms with van der Waals surface area (Å²) in [4.78, 5) is 4.04. The van der Waals surface area contributed by atoms with Crippen molar-refractivity contribution in [2.45, 2.75) is 41.2 Å². The van der Waals surface area contributed by atoms with Gasteiger partial charge < -0.3 is 0 Å². The molecule has 80 valence electrons. The highest BCUT2D eigenvalue weighted by atomic mass is 32.1. The standard InChI is InChI=1S/C13H17NS/c1-8-9(2)11(4)13(6-14-7-15)12(5)10(8)3/h6H2,1-5H3. The van der Waals surface area contributed by atoms with E-state index in [1.807, 2.05) is 0 Å². The molecule has 2 heteroatoms. The van der Waals surface area contributed by atoms with E-state index in [2.05, 4.69) is 57.0 Å². The molecule has 0 amide bonds. The van der Waals surface area contributed by atoms with E-state index >= 15 is 0 Å². The van der Waals surface area contributed by atoms with E-state index in [0.717, 1.165) is 0 Å². The molecule has 0 aliphatic heterocycles. The summed E-state index contributed by atoms with van der Waals surface area (Å²) >= 11 is 4.61. The Balaban J connectivity index is 3.44. The molecule has 0 bridgehead atoms. The normalized spacial score (nSPS) is 9.93. The predicted octanol–water partition coefficient (Wildman–Crippen LogP) is 3.83. The highest BCUT2D eigenvalue weighted by Crippen LogP contribution is 2.26. The van der Waals surface area contributed by atoms with Crippen molar-refractivity contribution in [1.82, 2.24) is 0 Å². The molecule has 0 N–H and O–H groups in total. The zero-order valence-electron chi connectivity index (χ0n) is 10.1. The molecule has 1 aromatic carbocycles. The number of nitrogens with zero attached hydrogens (tertiary/aromatic N) is 1. The maximum atomic E-state index is 4.61. The van der Waals surface area contributed by atoms with Gasteiger partial charge in [-0.1, -0.05) is 0 Å². The minimum atomic E-state index is 0.656. The Labute approximate surface area is 97.2 Å². The molecule has 1 aromatic rings. The van der Waals surface area contributed by atoms with Crippen molar-refractivity contribution in [3.8, 4) is 0 Å². The summed E-state index contributed by atoms with van der Waals surface area (Å²) in [6, 6.07) is 0. The maximum Gasteiger partial charge on any atom is 0.0748 e. The minimum absolute atomic E-state index is 0.656. The van der Waals surface area contributed by atoms with E-state index in [0.29, 0.717) is 6.54 Å². The lowest BCUT2D eigenvalue weighted by molar-refractivity contribution is 1.00. The second kappa shape index (κ2) is 4.69. The van der Waals surface area contributed by atoms with Gasteiger partial charge in [-0.3, -0.25) is 0 Å². The van der Waals surface area contributed by atoms with Crippen LogP contribution in [0.15, 0.2) is 4.99 Å². The molecule has 0 aromatic heterocycles. The van der Waals surface area contributed by atoms with Gasteiger partial charge in [0, 0.05) is 0 Å². The van der Waals surface area contributed by atoms with Gasteiger partial charge in [0.2, 0.25) is 0 Å². The van der Waals surface area contributed by atoms with Crippen LogP contribution in [0.2, 0.25) is 0 Å². The molecule has 0 saturated carbocycles. The molecule has 0 spiro atoms. The molecule has 0 unspecified atom stereocenters. The van der Waals surface area contributed by atoms with Crippen LogP contribution in [0.3, 0.4) is 0 Å². The quantitative estimate of drug-likeness (QED) is 0.544. The van der Waals surface area contributed by atoms with Crippen molar-refractivity contribution in [3.05, 3.63) is 33.4 Å². The highest BCUT2D eigenvalue weighted by Gasteiger charge is 2.11. The van der Waals surface area contributed by atoms with E-state index in [1.54, 1.807) is 0 Å². The molecule has 0 aliphatic carbocycles. The summed E-state index contributed by atoms with van der Waals surface area (Å²) in [6.45, 7) is 11.5. The van der Waals surface area contributed by atoms with Gasteiger partial charge >= 0.3 is 0 Å². The molecule has 0 heterocycles. The third kappa shape index (κ3) is 2.17. The summed E-state index contributed by atoms with van der Waals surface area (Å²) < 4.78 is 0. The highest BCUT2D eigenvalue weighted by molar-refractivity contribution is 7.78. The summed E-state index contributed by atoms with van der Waals surface area (Å²) in [5.74, 6) is 0. The van der Waals surface area contributed by atoms with E-state index in [4.69, 9.17) is 0 Å². The Bertz CT molecular complexity index is 411. The third-order valence-corrected chi connectivity index (χ3v) is 3.59. The molecular weight excluding hydrogens is 202 g/mol. The van der Waals surface area contributed by atoms with Crippen LogP contribution in [0.25, 0.3) is 0 Å². The molecule has 0 atom stereocenters. The summed E-state index contributed by atoms with van der Waals surface area (Å²) in [6.07, 6.45) is 0. The molecule has 0 fully saturated rings. The maximum absolute atomic E-state index is 4.61. The van der Waals surface area contributed by atoms with E-state index < -0.39 is 0 Å². The van der Waals surface area contributed by atoms with Gasteiger partial charge in [0.25, 0.3) is 0 Å². The Morgan fingerprint density at radius 3 is 1.67 bits per heavy atom. The van der Waals surface area contributed by atoms with Crippen molar-refractivity contribution in [2.24, 2.45) is 4.99 Å². The number of aliphatic imine (C=N–C) groups is 1. The Kier molecular flexibility index (Phi) is 3.78. The predicted molar refractivity (Wildman–Crippen MR) is 68.9 cm³/mol. The zero-order valence-corrected chi connectivity index (χ0v) is 10.9. The first-order chi connectivity index (χ1) is 7.00. The van der Waals surface area contributed by atoms with Gasteiger partial charge in [-0.2, -0.15) is 0 Å².